The molecule has 3 rings (SSSR count). The average Bonchev–Trinajstić information content (AvgIpc) is 2.86. The Kier molecular flexibility index (Phi) is 4.25. The van der Waals surface area contributed by atoms with E-state index in [1.807, 2.05) is 49.4 Å². The number of fused-ring (bicyclic) bond motifs is 1. The zero-order valence-corrected chi connectivity index (χ0v) is 15.3. The van der Waals surface area contributed by atoms with Crippen molar-refractivity contribution in [1.82, 2.24) is 4.98 Å². The summed E-state index contributed by atoms with van der Waals surface area (Å²) in [5, 5.41) is 1.04. The lowest BCUT2D eigenvalue weighted by Gasteiger charge is -2.19. The van der Waals surface area contributed by atoms with Crippen molar-refractivity contribution in [1.29, 1.82) is 0 Å². The first-order chi connectivity index (χ1) is 10.8. The van der Waals surface area contributed by atoms with Crippen LogP contribution in [0.3, 0.4) is 0 Å². The zero-order chi connectivity index (χ0) is 16.6. The number of aryl methyl sites for hydroxylation is 1. The molecule has 2 aromatic carbocycles. The summed E-state index contributed by atoms with van der Waals surface area (Å²) in [6.45, 7) is 8.50. The molecule has 120 valence electrons. The molecule has 5 heteroatoms. The number of aromatic nitrogens is 1. The quantitative estimate of drug-likeness (QED) is 0.723. The molecule has 3 nitrogen and oxygen atoms in total. The number of rotatable bonds is 3. The van der Waals surface area contributed by atoms with Crippen molar-refractivity contribution in [2.45, 2.75) is 38.0 Å². The summed E-state index contributed by atoms with van der Waals surface area (Å²) in [4.78, 5) is 5.24. The van der Waals surface area contributed by atoms with E-state index in [0.29, 0.717) is 0 Å². The summed E-state index contributed by atoms with van der Waals surface area (Å²) in [6.07, 6.45) is 0. The lowest BCUT2D eigenvalue weighted by molar-refractivity contribution is 0.589. The molecule has 0 saturated heterocycles. The van der Waals surface area contributed by atoms with E-state index in [4.69, 9.17) is 0 Å². The molecule has 0 aliphatic heterocycles. The van der Waals surface area contributed by atoms with Crippen molar-refractivity contribution in [3.8, 4) is 0 Å². The van der Waals surface area contributed by atoms with E-state index in [2.05, 4.69) is 30.5 Å². The van der Waals surface area contributed by atoms with Crippen molar-refractivity contribution < 1.29 is 4.21 Å². The van der Waals surface area contributed by atoms with Crippen molar-refractivity contribution >= 4 is 38.2 Å². The van der Waals surface area contributed by atoms with E-state index in [-0.39, 0.29) is 5.41 Å². The number of nitrogens with one attached hydrogen (secondary N) is 1. The maximum absolute atomic E-state index is 12.5. The van der Waals surface area contributed by atoms with Gasteiger partial charge in [-0.1, -0.05) is 32.9 Å². The molecular weight excluding hydrogens is 324 g/mol. The summed E-state index contributed by atoms with van der Waals surface area (Å²) in [5.41, 5.74) is 3.09. The molecule has 0 saturated carbocycles. The summed E-state index contributed by atoms with van der Waals surface area (Å²) in [5.74, 6) is 0. The number of benzene rings is 2. The van der Waals surface area contributed by atoms with Crippen LogP contribution in [0.4, 0.5) is 5.69 Å². The van der Waals surface area contributed by atoms with Crippen LogP contribution in [0.5, 0.6) is 0 Å². The van der Waals surface area contributed by atoms with E-state index < -0.39 is 11.0 Å². The molecule has 1 aromatic heterocycles. The molecule has 0 aliphatic carbocycles. The van der Waals surface area contributed by atoms with Gasteiger partial charge in [0, 0.05) is 5.69 Å². The first-order valence-electron chi connectivity index (χ1n) is 7.49. The minimum absolute atomic E-state index is 0.0982. The van der Waals surface area contributed by atoms with Gasteiger partial charge in [-0.25, -0.2) is 9.19 Å². The van der Waals surface area contributed by atoms with Gasteiger partial charge >= 0.3 is 0 Å². The minimum Gasteiger partial charge on any atom is -0.301 e. The highest BCUT2D eigenvalue weighted by Gasteiger charge is 2.14. The van der Waals surface area contributed by atoms with Crippen molar-refractivity contribution in [2.24, 2.45) is 0 Å². The van der Waals surface area contributed by atoms with Gasteiger partial charge in [-0.15, -0.1) is 11.3 Å². The molecule has 0 aliphatic rings. The lowest BCUT2D eigenvalue weighted by atomic mass is 9.87. The highest BCUT2D eigenvalue weighted by atomic mass is 32.2. The van der Waals surface area contributed by atoms with Crippen molar-refractivity contribution in [3.63, 3.8) is 0 Å². The predicted octanol–water partition coefficient (Wildman–Crippen LogP) is 5.04. The predicted molar refractivity (Wildman–Crippen MR) is 99.5 cm³/mol. The Morgan fingerprint density at radius 1 is 1.09 bits per heavy atom. The first kappa shape index (κ1) is 16.1. The van der Waals surface area contributed by atoms with Gasteiger partial charge in [-0.05, 0) is 48.2 Å². The summed E-state index contributed by atoms with van der Waals surface area (Å²) >= 11 is 1.67. The van der Waals surface area contributed by atoms with E-state index in [1.54, 1.807) is 11.3 Å². The summed E-state index contributed by atoms with van der Waals surface area (Å²) in [6, 6.07) is 13.8. The largest absolute Gasteiger partial charge is 0.301 e. The monoisotopic (exact) mass is 344 g/mol. The summed E-state index contributed by atoms with van der Waals surface area (Å²) in [7, 11) is -1.28. The lowest BCUT2D eigenvalue weighted by Crippen LogP contribution is -2.11. The third-order valence-electron chi connectivity index (χ3n) is 3.64. The van der Waals surface area contributed by atoms with Crippen molar-refractivity contribution in [3.05, 3.63) is 53.0 Å². The Balaban J connectivity index is 1.79. The maximum atomic E-state index is 12.5. The molecule has 1 N–H and O–H groups in total. The van der Waals surface area contributed by atoms with E-state index in [9.17, 15) is 4.21 Å². The Morgan fingerprint density at radius 3 is 2.43 bits per heavy atom. The number of hydrogen-bond donors (Lipinski definition) is 1. The standard InChI is InChI=1S/C18H20N2OS2/c1-12-19-16-11-14(7-10-17(16)22-12)20-23(21)15-8-5-13(6-9-15)18(2,3)4/h5-11,20H,1-4H3. The fourth-order valence-corrected chi connectivity index (χ4v) is 4.00. The van der Waals surface area contributed by atoms with Crippen LogP contribution in [0.25, 0.3) is 10.2 Å². The van der Waals surface area contributed by atoms with Crippen LogP contribution in [-0.2, 0) is 16.4 Å². The van der Waals surface area contributed by atoms with Gasteiger partial charge in [0.2, 0.25) is 0 Å². The SMILES string of the molecule is Cc1nc2cc(NS(=O)c3ccc(C(C)(C)C)cc3)ccc2s1. The van der Waals surface area contributed by atoms with Crippen LogP contribution < -0.4 is 4.72 Å². The van der Waals surface area contributed by atoms with E-state index in [0.717, 1.165) is 25.8 Å². The van der Waals surface area contributed by atoms with Crippen LogP contribution in [0.1, 0.15) is 31.3 Å². The second-order valence-electron chi connectivity index (χ2n) is 6.56. The Hall–Kier alpha value is -1.72. The van der Waals surface area contributed by atoms with Gasteiger partial charge in [0.15, 0.2) is 0 Å². The number of nitrogens with zero attached hydrogens (tertiary/aromatic N) is 1. The maximum Gasteiger partial charge on any atom is 0.150 e. The molecule has 1 atom stereocenters. The molecule has 0 amide bonds. The van der Waals surface area contributed by atoms with Gasteiger partial charge in [0.25, 0.3) is 0 Å². The van der Waals surface area contributed by atoms with E-state index >= 15 is 0 Å². The number of anilines is 1. The highest BCUT2D eigenvalue weighted by Crippen LogP contribution is 2.26. The fourth-order valence-electron chi connectivity index (χ4n) is 2.35. The van der Waals surface area contributed by atoms with E-state index in [1.165, 1.54) is 5.56 Å². The molecule has 3 aromatic rings. The Bertz CT molecular complexity index is 861. The molecular formula is C18H20N2OS2. The Morgan fingerprint density at radius 2 is 1.78 bits per heavy atom. The molecule has 0 spiro atoms. The second kappa shape index (κ2) is 6.06. The van der Waals surface area contributed by atoms with Crippen LogP contribution in [0, 0.1) is 6.92 Å². The number of thiazole rings is 1. The topological polar surface area (TPSA) is 42.0 Å². The zero-order valence-electron chi connectivity index (χ0n) is 13.7. The normalized spacial score (nSPS) is 13.2. The van der Waals surface area contributed by atoms with Gasteiger partial charge in [-0.2, -0.15) is 0 Å². The number of hydrogen-bond acceptors (Lipinski definition) is 3. The molecule has 0 bridgehead atoms. The second-order valence-corrected chi connectivity index (χ2v) is 9.01. The molecule has 0 radical (unpaired) electrons. The van der Waals surface area contributed by atoms with Gasteiger partial charge in [-0.3, -0.25) is 0 Å². The average molecular weight is 345 g/mol. The third-order valence-corrected chi connectivity index (χ3v) is 5.71. The molecule has 0 fully saturated rings. The van der Waals surface area contributed by atoms with Crippen LogP contribution in [0.15, 0.2) is 47.4 Å². The molecule has 1 heterocycles. The van der Waals surface area contributed by atoms with Crippen LogP contribution >= 0.6 is 11.3 Å². The van der Waals surface area contributed by atoms with Gasteiger partial charge in [0.05, 0.1) is 20.1 Å². The molecule has 23 heavy (non-hydrogen) atoms. The summed E-state index contributed by atoms with van der Waals surface area (Å²) < 4.78 is 16.7. The Labute approximate surface area is 143 Å². The highest BCUT2D eigenvalue weighted by molar-refractivity contribution is 7.86. The fraction of sp³-hybridized carbons (Fsp3) is 0.278. The smallest absolute Gasteiger partial charge is 0.150 e. The van der Waals surface area contributed by atoms with Crippen LogP contribution in [-0.4, -0.2) is 9.19 Å². The first-order valence-corrected chi connectivity index (χ1v) is 9.46. The minimum atomic E-state index is -1.28. The molecule has 1 unspecified atom stereocenters. The third kappa shape index (κ3) is 3.62. The van der Waals surface area contributed by atoms with Gasteiger partial charge in [0.1, 0.15) is 11.0 Å². The van der Waals surface area contributed by atoms with Crippen molar-refractivity contribution in [2.75, 3.05) is 4.72 Å². The van der Waals surface area contributed by atoms with Gasteiger partial charge < -0.3 is 4.72 Å². The van der Waals surface area contributed by atoms with Crippen LogP contribution in [0.2, 0.25) is 0 Å².